The highest BCUT2D eigenvalue weighted by atomic mass is 31.2. The summed E-state index contributed by atoms with van der Waals surface area (Å²) in [6.45, 7) is 20.3. The molecule has 110 valence electrons. The van der Waals surface area contributed by atoms with Crippen molar-refractivity contribution in [3.05, 3.63) is 0 Å². The summed E-state index contributed by atoms with van der Waals surface area (Å²) in [5.41, 5.74) is -0.500. The first kappa shape index (κ1) is 18.5. The zero-order chi connectivity index (χ0) is 15.2. The first-order valence-corrected chi connectivity index (χ1v) is 9.80. The minimum absolute atomic E-state index is 0.250. The fourth-order valence-electron chi connectivity index (χ4n) is 3.39. The summed E-state index contributed by atoms with van der Waals surface area (Å²) >= 11 is 0. The van der Waals surface area contributed by atoms with Gasteiger partial charge in [0.2, 0.25) is 0 Å². The fraction of sp³-hybridized carbons (Fsp3) is 1.00. The van der Waals surface area contributed by atoms with Crippen LogP contribution in [0.15, 0.2) is 0 Å². The van der Waals surface area contributed by atoms with Crippen molar-refractivity contribution in [2.45, 2.75) is 72.4 Å². The largest absolute Gasteiger partial charge is 0.329 e. The van der Waals surface area contributed by atoms with Crippen molar-refractivity contribution >= 4 is 15.6 Å². The lowest BCUT2D eigenvalue weighted by Crippen LogP contribution is -2.51. The van der Waals surface area contributed by atoms with Crippen LogP contribution in [0.5, 0.6) is 0 Å². The average Bonchev–Trinajstić information content (AvgIpc) is 1.96. The molecule has 0 rings (SSSR count). The van der Waals surface area contributed by atoms with Crippen molar-refractivity contribution in [3.8, 4) is 0 Å². The molecule has 0 saturated carbocycles. The van der Waals surface area contributed by atoms with E-state index in [1.165, 1.54) is 0 Å². The molecule has 2 atom stereocenters. The third-order valence-electron chi connectivity index (χ3n) is 4.41. The van der Waals surface area contributed by atoms with Crippen molar-refractivity contribution in [3.63, 3.8) is 0 Å². The van der Waals surface area contributed by atoms with Crippen LogP contribution in [0, 0.1) is 10.8 Å². The van der Waals surface area contributed by atoms with E-state index in [9.17, 15) is 9.13 Å². The maximum absolute atomic E-state index is 13.6. The second-order valence-corrected chi connectivity index (χ2v) is 14.0. The molecule has 0 radical (unpaired) electrons. The van der Waals surface area contributed by atoms with Gasteiger partial charge in [-0.15, -0.1) is 0 Å². The Hall–Kier alpha value is 0.460. The third kappa shape index (κ3) is 2.53. The number of hydrogen-bond acceptors (Lipinski definition) is 2. The van der Waals surface area contributed by atoms with E-state index in [1.807, 2.05) is 27.4 Å². The summed E-state index contributed by atoms with van der Waals surface area (Å²) in [7, 11) is -3.76. The van der Waals surface area contributed by atoms with Gasteiger partial charge in [-0.25, -0.2) is 0 Å². The van der Waals surface area contributed by atoms with Crippen LogP contribution in [0.3, 0.4) is 0 Å². The van der Waals surface area contributed by atoms with E-state index in [0.717, 1.165) is 0 Å². The van der Waals surface area contributed by atoms with Gasteiger partial charge < -0.3 is 9.13 Å². The SMILES string of the molecule is CC(C)(C)C([PH2]=O)(C(C)(C)C)P(C)(=O)C(C)(C)C. The topological polar surface area (TPSA) is 34.1 Å². The predicted molar refractivity (Wildman–Crippen MR) is 85.3 cm³/mol. The zero-order valence-corrected chi connectivity index (χ0v) is 15.9. The molecule has 0 saturated heterocycles. The lowest BCUT2D eigenvalue weighted by atomic mass is 9.76. The molecule has 0 aromatic carbocycles. The van der Waals surface area contributed by atoms with E-state index in [0.29, 0.717) is 0 Å². The number of hydrogen-bond donors (Lipinski definition) is 0. The van der Waals surface area contributed by atoms with Crippen LogP contribution in [0.4, 0.5) is 0 Å². The lowest BCUT2D eigenvalue weighted by Gasteiger charge is -2.56. The molecule has 18 heavy (non-hydrogen) atoms. The maximum atomic E-state index is 13.6. The van der Waals surface area contributed by atoms with Gasteiger partial charge >= 0.3 is 0 Å². The Kier molecular flexibility index (Phi) is 4.90. The lowest BCUT2D eigenvalue weighted by molar-refractivity contribution is 0.199. The summed E-state index contributed by atoms with van der Waals surface area (Å²) in [6, 6.07) is 0. The van der Waals surface area contributed by atoms with Crippen LogP contribution in [-0.2, 0) is 9.13 Å². The molecule has 0 bridgehead atoms. The molecule has 0 N–H and O–H groups in total. The highest BCUT2D eigenvalue weighted by Gasteiger charge is 2.62. The molecular weight excluding hydrogens is 262 g/mol. The minimum atomic E-state index is -2.64. The molecule has 0 aliphatic carbocycles. The Balaban J connectivity index is 6.47. The van der Waals surface area contributed by atoms with Gasteiger partial charge in [0.1, 0.15) is 7.14 Å². The smallest absolute Gasteiger partial charge is 0.103 e. The van der Waals surface area contributed by atoms with Crippen molar-refractivity contribution < 1.29 is 9.13 Å². The molecule has 0 heterocycles. The Morgan fingerprint density at radius 2 is 1.06 bits per heavy atom. The molecule has 0 fully saturated rings. The van der Waals surface area contributed by atoms with Crippen LogP contribution in [0.2, 0.25) is 0 Å². The van der Waals surface area contributed by atoms with E-state index in [2.05, 4.69) is 41.5 Å². The molecule has 0 aliphatic heterocycles. The van der Waals surface area contributed by atoms with Crippen molar-refractivity contribution in [2.75, 3.05) is 6.66 Å². The fourth-order valence-corrected chi connectivity index (χ4v) is 9.68. The molecule has 0 amide bonds. The molecule has 0 spiro atoms. The van der Waals surface area contributed by atoms with Crippen molar-refractivity contribution in [2.24, 2.45) is 10.8 Å². The number of rotatable bonds is 2. The van der Waals surface area contributed by atoms with Gasteiger partial charge in [0.15, 0.2) is 0 Å². The van der Waals surface area contributed by atoms with E-state index in [-0.39, 0.29) is 16.0 Å². The van der Waals surface area contributed by atoms with Crippen LogP contribution in [-0.4, -0.2) is 16.7 Å². The Bertz CT molecular complexity index is 351. The maximum Gasteiger partial charge on any atom is 0.103 e. The summed E-state index contributed by atoms with van der Waals surface area (Å²) in [6.07, 6.45) is 0. The quantitative estimate of drug-likeness (QED) is 0.646. The summed E-state index contributed by atoms with van der Waals surface area (Å²) in [5, 5.41) is -0.328. The Labute approximate surface area is 115 Å². The van der Waals surface area contributed by atoms with Gasteiger partial charge in [0.25, 0.3) is 0 Å². The van der Waals surface area contributed by atoms with Crippen LogP contribution in [0.25, 0.3) is 0 Å². The third-order valence-corrected chi connectivity index (χ3v) is 13.5. The minimum Gasteiger partial charge on any atom is -0.329 e. The predicted octanol–water partition coefficient (Wildman–Crippen LogP) is 5.32. The van der Waals surface area contributed by atoms with Gasteiger partial charge in [-0.2, -0.15) is 0 Å². The zero-order valence-electron chi connectivity index (χ0n) is 13.8. The molecule has 0 aromatic rings. The second kappa shape index (κ2) is 4.78. The average molecular weight is 294 g/mol. The normalized spacial score (nSPS) is 19.2. The standard InChI is InChI=1S/C14H32O2P2/c1-11(2,3)14(17-15,12(4,5)6)18(10,16)13(7,8)9/h17H2,1-10H3. The van der Waals surface area contributed by atoms with E-state index >= 15 is 0 Å². The molecule has 0 aromatic heterocycles. The summed E-state index contributed by atoms with van der Waals surface area (Å²) in [5.74, 6) is 0. The molecule has 2 unspecified atom stereocenters. The van der Waals surface area contributed by atoms with Gasteiger partial charge in [0.05, 0.1) is 13.4 Å². The summed E-state index contributed by atoms with van der Waals surface area (Å²) < 4.78 is 25.9. The van der Waals surface area contributed by atoms with Gasteiger partial charge in [-0.05, 0) is 17.5 Å². The van der Waals surface area contributed by atoms with Gasteiger partial charge in [-0.3, -0.25) is 0 Å². The van der Waals surface area contributed by atoms with E-state index in [1.54, 1.807) is 0 Å². The van der Waals surface area contributed by atoms with E-state index in [4.69, 9.17) is 0 Å². The van der Waals surface area contributed by atoms with Crippen LogP contribution < -0.4 is 0 Å². The molecular formula is C14H32O2P2. The first-order valence-electron chi connectivity index (χ1n) is 6.60. The van der Waals surface area contributed by atoms with Crippen LogP contribution >= 0.6 is 15.6 Å². The van der Waals surface area contributed by atoms with Gasteiger partial charge in [-0.1, -0.05) is 62.3 Å². The highest BCUT2D eigenvalue weighted by molar-refractivity contribution is 7.73. The second-order valence-electron chi connectivity index (χ2n) is 8.48. The van der Waals surface area contributed by atoms with Crippen molar-refractivity contribution in [1.82, 2.24) is 0 Å². The van der Waals surface area contributed by atoms with Crippen molar-refractivity contribution in [1.29, 1.82) is 0 Å². The Morgan fingerprint density at radius 1 is 0.778 bits per heavy atom. The molecule has 2 nitrogen and oxygen atoms in total. The molecule has 0 aliphatic rings. The van der Waals surface area contributed by atoms with Gasteiger partial charge in [0, 0.05) is 5.16 Å². The summed E-state index contributed by atoms with van der Waals surface area (Å²) in [4.78, 5) is -0.620. The molecule has 4 heteroatoms. The first-order chi connectivity index (χ1) is 7.56. The highest BCUT2D eigenvalue weighted by Crippen LogP contribution is 2.78. The Morgan fingerprint density at radius 3 is 1.11 bits per heavy atom. The van der Waals surface area contributed by atoms with Crippen LogP contribution in [0.1, 0.15) is 62.3 Å². The van der Waals surface area contributed by atoms with E-state index < -0.39 is 20.5 Å². The monoisotopic (exact) mass is 294 g/mol.